The second-order valence-corrected chi connectivity index (χ2v) is 5.85. The molecule has 1 amide bonds. The lowest BCUT2D eigenvalue weighted by Gasteiger charge is -2.15. The molecule has 1 aromatic heterocycles. The van der Waals surface area contributed by atoms with Crippen LogP contribution in [0.15, 0.2) is 48.8 Å². The summed E-state index contributed by atoms with van der Waals surface area (Å²) in [5.74, 6) is 0.384. The molecule has 1 atom stereocenters. The van der Waals surface area contributed by atoms with Gasteiger partial charge in [-0.1, -0.05) is 18.2 Å². The zero-order valence-corrected chi connectivity index (χ0v) is 14.0. The van der Waals surface area contributed by atoms with Crippen molar-refractivity contribution in [2.75, 3.05) is 5.32 Å². The Morgan fingerprint density at radius 2 is 2.00 bits per heavy atom. The van der Waals surface area contributed by atoms with E-state index in [1.807, 2.05) is 24.4 Å². The third-order valence-corrected chi connectivity index (χ3v) is 3.96. The Morgan fingerprint density at radius 3 is 2.61 bits per heavy atom. The maximum atomic E-state index is 11.7. The van der Waals surface area contributed by atoms with Crippen molar-refractivity contribution in [1.82, 2.24) is 10.3 Å². The molecule has 0 radical (unpaired) electrons. The van der Waals surface area contributed by atoms with Crippen LogP contribution in [0.1, 0.15) is 36.9 Å². The molecule has 1 aliphatic carbocycles. The number of pyridine rings is 1. The lowest BCUT2D eigenvalue weighted by molar-refractivity contribution is -0.117. The third-order valence-electron chi connectivity index (χ3n) is 3.96. The van der Waals surface area contributed by atoms with Crippen LogP contribution < -0.4 is 10.6 Å². The van der Waals surface area contributed by atoms with Gasteiger partial charge in [0.25, 0.3) is 0 Å². The molecule has 23 heavy (non-hydrogen) atoms. The van der Waals surface area contributed by atoms with Crippen molar-refractivity contribution < 1.29 is 4.79 Å². The highest BCUT2D eigenvalue weighted by atomic mass is 35.5. The van der Waals surface area contributed by atoms with Crippen molar-refractivity contribution in [3.63, 3.8) is 0 Å². The summed E-state index contributed by atoms with van der Waals surface area (Å²) in [6.07, 6.45) is 5.70. The topological polar surface area (TPSA) is 54.0 Å². The van der Waals surface area contributed by atoms with Gasteiger partial charge in [-0.25, -0.2) is 0 Å². The number of halogens is 1. The summed E-state index contributed by atoms with van der Waals surface area (Å²) in [5, 5.41) is 6.44. The first-order valence-corrected chi connectivity index (χ1v) is 7.75. The molecule has 1 heterocycles. The van der Waals surface area contributed by atoms with Gasteiger partial charge >= 0.3 is 0 Å². The maximum absolute atomic E-state index is 11.7. The average molecular weight is 332 g/mol. The van der Waals surface area contributed by atoms with Crippen LogP contribution in [0, 0.1) is 5.92 Å². The van der Waals surface area contributed by atoms with Crippen molar-refractivity contribution in [1.29, 1.82) is 0 Å². The Morgan fingerprint density at radius 1 is 1.26 bits per heavy atom. The second-order valence-electron chi connectivity index (χ2n) is 5.85. The zero-order valence-electron chi connectivity index (χ0n) is 13.2. The normalized spacial score (nSPS) is 14.7. The minimum Gasteiger partial charge on any atom is -0.326 e. The fourth-order valence-electron chi connectivity index (χ4n) is 2.34. The molecule has 2 aromatic rings. The summed E-state index contributed by atoms with van der Waals surface area (Å²) in [4.78, 5) is 15.8. The van der Waals surface area contributed by atoms with Gasteiger partial charge in [-0.05, 0) is 49.1 Å². The van der Waals surface area contributed by atoms with E-state index in [0.717, 1.165) is 25.1 Å². The number of nitrogens with zero attached hydrogens (tertiary/aromatic N) is 1. The number of rotatable bonds is 6. The molecule has 0 aliphatic heterocycles. The van der Waals surface area contributed by atoms with Crippen molar-refractivity contribution in [3.8, 4) is 0 Å². The largest absolute Gasteiger partial charge is 0.326 e. The lowest BCUT2D eigenvalue weighted by Crippen LogP contribution is -2.18. The first-order valence-electron chi connectivity index (χ1n) is 7.75. The standard InChI is InChI=1S/C18H21N3O.ClH/c1-13(20-12-14-3-2-10-19-11-14)15-6-8-17(9-7-15)21-18(22)16-4-5-16;/h2-3,6-11,13,16,20H,4-5,12H2,1H3,(H,21,22);1H. The molecule has 0 bridgehead atoms. The highest BCUT2D eigenvalue weighted by Gasteiger charge is 2.29. The predicted molar refractivity (Wildman–Crippen MR) is 94.5 cm³/mol. The number of carbonyl (C=O) groups excluding carboxylic acids is 1. The molecule has 1 aromatic carbocycles. The smallest absolute Gasteiger partial charge is 0.227 e. The van der Waals surface area contributed by atoms with Crippen LogP contribution in [0.3, 0.4) is 0 Å². The van der Waals surface area contributed by atoms with Gasteiger partial charge in [0.2, 0.25) is 5.91 Å². The van der Waals surface area contributed by atoms with Crippen LogP contribution in [0.5, 0.6) is 0 Å². The minimum atomic E-state index is 0. The Bertz CT molecular complexity index is 626. The molecule has 0 saturated heterocycles. The zero-order chi connectivity index (χ0) is 15.4. The van der Waals surface area contributed by atoms with Gasteiger partial charge in [0, 0.05) is 36.6 Å². The maximum Gasteiger partial charge on any atom is 0.227 e. The molecule has 1 fully saturated rings. The number of benzene rings is 1. The second kappa shape index (κ2) is 8.09. The fourth-order valence-corrected chi connectivity index (χ4v) is 2.34. The number of carbonyl (C=O) groups is 1. The number of aromatic nitrogens is 1. The SMILES string of the molecule is CC(NCc1cccnc1)c1ccc(NC(=O)C2CC2)cc1.Cl. The van der Waals surface area contributed by atoms with Gasteiger partial charge in [0.15, 0.2) is 0 Å². The van der Waals surface area contributed by atoms with Gasteiger partial charge in [-0.15, -0.1) is 12.4 Å². The Balaban J connectivity index is 0.00000192. The molecule has 122 valence electrons. The summed E-state index contributed by atoms with van der Waals surface area (Å²) in [5.41, 5.74) is 3.25. The van der Waals surface area contributed by atoms with E-state index in [-0.39, 0.29) is 30.3 Å². The summed E-state index contributed by atoms with van der Waals surface area (Å²) in [6.45, 7) is 2.92. The Kier molecular flexibility index (Phi) is 6.13. The Hall–Kier alpha value is -1.91. The average Bonchev–Trinajstić information content (AvgIpc) is 3.39. The first kappa shape index (κ1) is 17.4. The van der Waals surface area contributed by atoms with Gasteiger partial charge in [-0.2, -0.15) is 0 Å². The fraction of sp³-hybridized carbons (Fsp3) is 0.333. The summed E-state index contributed by atoms with van der Waals surface area (Å²) in [6, 6.07) is 12.3. The number of anilines is 1. The highest BCUT2D eigenvalue weighted by Crippen LogP contribution is 2.30. The van der Waals surface area contributed by atoms with Gasteiger partial charge in [-0.3, -0.25) is 9.78 Å². The monoisotopic (exact) mass is 331 g/mol. The van der Waals surface area contributed by atoms with Crippen LogP contribution in [-0.2, 0) is 11.3 Å². The van der Waals surface area contributed by atoms with E-state index >= 15 is 0 Å². The van der Waals surface area contributed by atoms with Crippen molar-refractivity contribution in [3.05, 3.63) is 59.9 Å². The van der Waals surface area contributed by atoms with Gasteiger partial charge in [0.1, 0.15) is 0 Å². The lowest BCUT2D eigenvalue weighted by atomic mass is 10.1. The highest BCUT2D eigenvalue weighted by molar-refractivity contribution is 5.94. The quantitative estimate of drug-likeness (QED) is 0.848. The molecule has 2 N–H and O–H groups in total. The van der Waals surface area contributed by atoms with E-state index in [1.54, 1.807) is 6.20 Å². The van der Waals surface area contributed by atoms with Gasteiger partial charge < -0.3 is 10.6 Å². The molecule has 0 spiro atoms. The minimum absolute atomic E-state index is 0. The van der Waals surface area contributed by atoms with Crippen LogP contribution in [0.25, 0.3) is 0 Å². The molecule has 4 nitrogen and oxygen atoms in total. The molecule has 5 heteroatoms. The van der Waals surface area contributed by atoms with Crippen molar-refractivity contribution in [2.24, 2.45) is 5.92 Å². The number of hydrogen-bond donors (Lipinski definition) is 2. The van der Waals surface area contributed by atoms with Crippen LogP contribution in [-0.4, -0.2) is 10.9 Å². The molecule has 1 unspecified atom stereocenters. The van der Waals surface area contributed by atoms with E-state index in [0.29, 0.717) is 0 Å². The third kappa shape index (κ3) is 5.05. The molecule has 3 rings (SSSR count). The van der Waals surface area contributed by atoms with E-state index < -0.39 is 0 Å². The summed E-state index contributed by atoms with van der Waals surface area (Å²) >= 11 is 0. The Labute approximate surface area is 143 Å². The van der Waals surface area contributed by atoms with Gasteiger partial charge in [0.05, 0.1) is 0 Å². The van der Waals surface area contributed by atoms with Crippen molar-refractivity contribution in [2.45, 2.75) is 32.4 Å². The van der Waals surface area contributed by atoms with E-state index in [4.69, 9.17) is 0 Å². The summed E-state index contributed by atoms with van der Waals surface area (Å²) < 4.78 is 0. The van der Waals surface area contributed by atoms with Crippen LogP contribution in [0.2, 0.25) is 0 Å². The molecule has 1 aliphatic rings. The molecular weight excluding hydrogens is 310 g/mol. The van der Waals surface area contributed by atoms with E-state index in [2.05, 4.69) is 40.7 Å². The van der Waals surface area contributed by atoms with E-state index in [9.17, 15) is 4.79 Å². The van der Waals surface area contributed by atoms with Crippen LogP contribution >= 0.6 is 12.4 Å². The summed E-state index contributed by atoms with van der Waals surface area (Å²) in [7, 11) is 0. The number of hydrogen-bond acceptors (Lipinski definition) is 3. The number of nitrogens with one attached hydrogen (secondary N) is 2. The first-order chi connectivity index (χ1) is 10.7. The van der Waals surface area contributed by atoms with Crippen LogP contribution in [0.4, 0.5) is 5.69 Å². The molecule has 1 saturated carbocycles. The number of amides is 1. The van der Waals surface area contributed by atoms with E-state index in [1.165, 1.54) is 11.1 Å². The molecular formula is C18H22ClN3O. The van der Waals surface area contributed by atoms with Crippen molar-refractivity contribution >= 4 is 24.0 Å². The predicted octanol–water partition coefficient (Wildman–Crippen LogP) is 3.70.